The van der Waals surface area contributed by atoms with Crippen molar-refractivity contribution in [1.82, 2.24) is 0 Å². The van der Waals surface area contributed by atoms with Crippen molar-refractivity contribution in [3.05, 3.63) is 64.2 Å². The monoisotopic (exact) mass is 338 g/mol. The molecule has 1 atom stereocenters. The lowest BCUT2D eigenvalue weighted by Gasteiger charge is -2.29. The van der Waals surface area contributed by atoms with E-state index in [-0.39, 0.29) is 29.3 Å². The number of allylic oxidation sites excluding steroid dienone is 2. The number of hydrogen-bond acceptors (Lipinski definition) is 4. The van der Waals surface area contributed by atoms with Gasteiger partial charge in [-0.15, -0.1) is 0 Å². The van der Waals surface area contributed by atoms with Gasteiger partial charge in [0.25, 0.3) is 0 Å². The van der Waals surface area contributed by atoms with E-state index >= 15 is 0 Å². The number of aromatic hydroxyl groups is 2. The predicted molar refractivity (Wildman–Crippen MR) is 96.4 cm³/mol. The van der Waals surface area contributed by atoms with Crippen LogP contribution >= 0.6 is 0 Å². The van der Waals surface area contributed by atoms with Crippen molar-refractivity contribution in [2.24, 2.45) is 0 Å². The summed E-state index contributed by atoms with van der Waals surface area (Å²) in [7, 11) is 0. The summed E-state index contributed by atoms with van der Waals surface area (Å²) >= 11 is 0. The SMILES string of the molecule is CC(C)=CCc1c(O)c(C)c(O)c2c1O[C@@H](c1ccccc1)CC2=O. The van der Waals surface area contributed by atoms with Crippen LogP contribution < -0.4 is 4.74 Å². The number of carbonyl (C=O) groups is 1. The van der Waals surface area contributed by atoms with Crippen LogP contribution in [0.15, 0.2) is 42.0 Å². The summed E-state index contributed by atoms with van der Waals surface area (Å²) in [6.07, 6.45) is 2.14. The lowest BCUT2D eigenvalue weighted by Crippen LogP contribution is -2.22. The van der Waals surface area contributed by atoms with Crippen molar-refractivity contribution in [2.75, 3.05) is 0 Å². The maximum absolute atomic E-state index is 12.7. The van der Waals surface area contributed by atoms with E-state index in [0.29, 0.717) is 23.3 Å². The summed E-state index contributed by atoms with van der Waals surface area (Å²) in [4.78, 5) is 12.7. The summed E-state index contributed by atoms with van der Waals surface area (Å²) in [6.45, 7) is 5.54. The minimum absolute atomic E-state index is 0.0183. The fourth-order valence-electron chi connectivity index (χ4n) is 3.08. The Morgan fingerprint density at radius 2 is 1.88 bits per heavy atom. The molecule has 0 spiro atoms. The van der Waals surface area contributed by atoms with E-state index in [1.165, 1.54) is 0 Å². The molecule has 0 bridgehead atoms. The lowest BCUT2D eigenvalue weighted by atomic mass is 9.90. The van der Waals surface area contributed by atoms with Crippen molar-refractivity contribution >= 4 is 5.78 Å². The number of fused-ring (bicyclic) bond motifs is 1. The minimum atomic E-state index is -0.423. The van der Waals surface area contributed by atoms with Gasteiger partial charge >= 0.3 is 0 Å². The molecule has 0 fully saturated rings. The lowest BCUT2D eigenvalue weighted by molar-refractivity contribution is 0.0842. The quantitative estimate of drug-likeness (QED) is 0.801. The molecular formula is C21H22O4. The van der Waals surface area contributed by atoms with Gasteiger partial charge in [0.05, 0.1) is 6.42 Å². The molecule has 0 saturated carbocycles. The van der Waals surface area contributed by atoms with Crippen LogP contribution in [0.5, 0.6) is 17.2 Å². The number of ether oxygens (including phenoxy) is 1. The van der Waals surface area contributed by atoms with Crippen LogP contribution in [0, 0.1) is 6.92 Å². The van der Waals surface area contributed by atoms with Gasteiger partial charge in [-0.2, -0.15) is 0 Å². The van der Waals surface area contributed by atoms with Crippen molar-refractivity contribution < 1.29 is 19.7 Å². The minimum Gasteiger partial charge on any atom is -0.507 e. The summed E-state index contributed by atoms with van der Waals surface area (Å²) in [5.41, 5.74) is 3.03. The van der Waals surface area contributed by atoms with Crippen LogP contribution in [-0.4, -0.2) is 16.0 Å². The normalized spacial score (nSPS) is 16.1. The number of phenolic OH excluding ortho intramolecular Hbond substituents is 2. The average molecular weight is 338 g/mol. The summed E-state index contributed by atoms with van der Waals surface area (Å²) in [5.74, 6) is -0.0856. The zero-order valence-electron chi connectivity index (χ0n) is 14.7. The molecule has 0 aromatic heterocycles. The Kier molecular flexibility index (Phi) is 4.53. The topological polar surface area (TPSA) is 66.8 Å². The highest BCUT2D eigenvalue weighted by Crippen LogP contribution is 2.47. The van der Waals surface area contributed by atoms with Crippen molar-refractivity contribution in [2.45, 2.75) is 39.7 Å². The standard InChI is InChI=1S/C21H22O4/c1-12(2)9-10-15-19(23)13(3)20(24)18-16(22)11-17(25-21(15)18)14-7-5-4-6-8-14/h4-9,17,23-24H,10-11H2,1-3H3/t17-/m1/s1. The Bertz CT molecular complexity index is 846. The zero-order valence-corrected chi connectivity index (χ0v) is 14.7. The summed E-state index contributed by atoms with van der Waals surface area (Å²) in [6, 6.07) is 9.52. The molecule has 1 heterocycles. The molecule has 4 heteroatoms. The molecule has 0 unspecified atom stereocenters. The number of phenols is 2. The van der Waals surface area contributed by atoms with Crippen LogP contribution in [0.1, 0.15) is 53.4 Å². The van der Waals surface area contributed by atoms with Crippen molar-refractivity contribution in [3.63, 3.8) is 0 Å². The highest BCUT2D eigenvalue weighted by molar-refractivity contribution is 6.04. The van der Waals surface area contributed by atoms with Gasteiger partial charge in [-0.3, -0.25) is 4.79 Å². The Hall–Kier alpha value is -2.75. The summed E-state index contributed by atoms with van der Waals surface area (Å²) in [5, 5.41) is 20.9. The molecule has 0 saturated heterocycles. The van der Waals surface area contributed by atoms with Gasteiger partial charge in [0.2, 0.25) is 0 Å². The third-order valence-corrected chi connectivity index (χ3v) is 4.53. The van der Waals surface area contributed by atoms with E-state index < -0.39 is 6.10 Å². The molecule has 130 valence electrons. The molecule has 2 N–H and O–H groups in total. The van der Waals surface area contributed by atoms with Gasteiger partial charge < -0.3 is 14.9 Å². The zero-order chi connectivity index (χ0) is 18.1. The molecule has 4 nitrogen and oxygen atoms in total. The number of ketones is 1. The van der Waals surface area contributed by atoms with Gasteiger partial charge in [0.1, 0.15) is 28.9 Å². The van der Waals surface area contributed by atoms with Gasteiger partial charge in [0, 0.05) is 11.1 Å². The molecule has 2 aromatic carbocycles. The van der Waals surface area contributed by atoms with Crippen LogP contribution in [-0.2, 0) is 6.42 Å². The van der Waals surface area contributed by atoms with Crippen LogP contribution in [0.4, 0.5) is 0 Å². The maximum atomic E-state index is 12.7. The van der Waals surface area contributed by atoms with Gasteiger partial charge in [-0.05, 0) is 32.8 Å². The molecule has 2 aromatic rings. The molecule has 1 aliphatic heterocycles. The fourth-order valence-corrected chi connectivity index (χ4v) is 3.08. The highest BCUT2D eigenvalue weighted by atomic mass is 16.5. The Balaban J connectivity index is 2.14. The Morgan fingerprint density at radius 3 is 2.52 bits per heavy atom. The number of rotatable bonds is 3. The first-order chi connectivity index (χ1) is 11.9. The smallest absolute Gasteiger partial charge is 0.174 e. The molecule has 25 heavy (non-hydrogen) atoms. The fraction of sp³-hybridized carbons (Fsp3) is 0.286. The predicted octanol–water partition coefficient (Wildman–Crippen LogP) is 4.62. The first kappa shape index (κ1) is 17.1. The second kappa shape index (κ2) is 6.63. The third kappa shape index (κ3) is 3.12. The van der Waals surface area contributed by atoms with Crippen LogP contribution in [0.25, 0.3) is 0 Å². The van der Waals surface area contributed by atoms with Gasteiger partial charge in [-0.25, -0.2) is 0 Å². The first-order valence-corrected chi connectivity index (χ1v) is 8.35. The van der Waals surface area contributed by atoms with E-state index in [2.05, 4.69) is 0 Å². The van der Waals surface area contributed by atoms with Crippen molar-refractivity contribution in [1.29, 1.82) is 0 Å². The second-order valence-electron chi connectivity index (χ2n) is 6.63. The van der Waals surface area contributed by atoms with E-state index in [1.807, 2.05) is 50.3 Å². The Morgan fingerprint density at radius 1 is 1.20 bits per heavy atom. The van der Waals surface area contributed by atoms with E-state index in [4.69, 9.17) is 4.74 Å². The second-order valence-corrected chi connectivity index (χ2v) is 6.63. The van der Waals surface area contributed by atoms with E-state index in [9.17, 15) is 15.0 Å². The largest absolute Gasteiger partial charge is 0.507 e. The van der Waals surface area contributed by atoms with Crippen LogP contribution in [0.2, 0.25) is 0 Å². The number of Topliss-reactive ketones (excluding diaryl/α,β-unsaturated/α-hetero) is 1. The van der Waals surface area contributed by atoms with Crippen LogP contribution in [0.3, 0.4) is 0 Å². The molecule has 1 aliphatic rings. The van der Waals surface area contributed by atoms with E-state index in [1.54, 1.807) is 6.92 Å². The maximum Gasteiger partial charge on any atom is 0.174 e. The number of hydrogen-bond donors (Lipinski definition) is 2. The number of benzene rings is 2. The molecule has 0 amide bonds. The van der Waals surface area contributed by atoms with Gasteiger partial charge in [-0.1, -0.05) is 42.0 Å². The summed E-state index contributed by atoms with van der Waals surface area (Å²) < 4.78 is 6.10. The molecule has 0 aliphatic carbocycles. The van der Waals surface area contributed by atoms with Crippen molar-refractivity contribution in [3.8, 4) is 17.2 Å². The highest BCUT2D eigenvalue weighted by Gasteiger charge is 2.34. The Labute approximate surface area is 147 Å². The van der Waals surface area contributed by atoms with E-state index in [0.717, 1.165) is 11.1 Å². The number of carbonyl (C=O) groups excluding carboxylic acids is 1. The average Bonchev–Trinajstić information content (AvgIpc) is 2.59. The third-order valence-electron chi connectivity index (χ3n) is 4.53. The molecule has 0 radical (unpaired) electrons. The van der Waals surface area contributed by atoms with Gasteiger partial charge in [0.15, 0.2) is 5.78 Å². The molecule has 3 rings (SSSR count). The first-order valence-electron chi connectivity index (χ1n) is 8.35. The molecular weight excluding hydrogens is 316 g/mol.